The molecule has 1 aliphatic rings. The van der Waals surface area contributed by atoms with Crippen LogP contribution >= 0.6 is 11.6 Å². The summed E-state index contributed by atoms with van der Waals surface area (Å²) in [6, 6.07) is 3.56. The third-order valence-electron chi connectivity index (χ3n) is 3.87. The molecule has 0 radical (unpaired) electrons. The molecule has 1 fully saturated rings. The molecule has 0 spiro atoms. The maximum atomic E-state index is 12.5. The molecule has 0 aliphatic carbocycles. The van der Waals surface area contributed by atoms with E-state index in [-0.39, 0.29) is 12.5 Å². The zero-order valence-electron chi connectivity index (χ0n) is 11.6. The van der Waals surface area contributed by atoms with E-state index >= 15 is 0 Å². The first-order valence-electron chi connectivity index (χ1n) is 6.69. The number of aryl methyl sites for hydroxylation is 2. The molecule has 1 N–H and O–H groups in total. The lowest BCUT2D eigenvalue weighted by Gasteiger charge is -2.31. The molecule has 1 atom stereocenters. The van der Waals surface area contributed by atoms with E-state index in [0.717, 1.165) is 11.1 Å². The normalized spacial score (nSPS) is 18.9. The Bertz CT molecular complexity index is 556. The van der Waals surface area contributed by atoms with E-state index in [9.17, 15) is 9.59 Å². The number of hydrogen-bond donors (Lipinski definition) is 1. The second kappa shape index (κ2) is 5.83. The van der Waals surface area contributed by atoms with Crippen molar-refractivity contribution >= 4 is 23.5 Å². The smallest absolute Gasteiger partial charge is 0.308 e. The number of benzene rings is 1. The molecule has 0 saturated carbocycles. The third-order valence-corrected chi connectivity index (χ3v) is 4.18. The number of hydrogen-bond acceptors (Lipinski definition) is 2. The molecule has 1 amide bonds. The summed E-state index contributed by atoms with van der Waals surface area (Å²) in [7, 11) is 0. The SMILES string of the molecule is Cc1cc(Cl)c(C(=O)N2CCCC(C(=O)O)C2)cc1C. The second-order valence-corrected chi connectivity index (χ2v) is 5.75. The highest BCUT2D eigenvalue weighted by atomic mass is 35.5. The lowest BCUT2D eigenvalue weighted by molar-refractivity contribution is -0.143. The molecule has 20 heavy (non-hydrogen) atoms. The molecule has 1 unspecified atom stereocenters. The van der Waals surface area contributed by atoms with Crippen molar-refractivity contribution in [1.82, 2.24) is 4.90 Å². The Morgan fingerprint density at radius 2 is 1.95 bits per heavy atom. The van der Waals surface area contributed by atoms with Crippen LogP contribution in [0, 0.1) is 19.8 Å². The molecule has 5 heteroatoms. The molecule has 1 aromatic rings. The number of carbonyl (C=O) groups excluding carboxylic acids is 1. The van der Waals surface area contributed by atoms with Crippen molar-refractivity contribution in [3.63, 3.8) is 0 Å². The molecule has 0 aromatic heterocycles. The number of halogens is 1. The zero-order chi connectivity index (χ0) is 14.9. The number of rotatable bonds is 2. The van der Waals surface area contributed by atoms with Gasteiger partial charge in [-0.2, -0.15) is 0 Å². The Balaban J connectivity index is 2.23. The van der Waals surface area contributed by atoms with Crippen molar-refractivity contribution in [2.75, 3.05) is 13.1 Å². The number of carboxylic acid groups (broad SMARTS) is 1. The van der Waals surface area contributed by atoms with Crippen LogP contribution in [0.2, 0.25) is 5.02 Å². The summed E-state index contributed by atoms with van der Waals surface area (Å²) in [6.07, 6.45) is 1.34. The van der Waals surface area contributed by atoms with Gasteiger partial charge in [0.25, 0.3) is 5.91 Å². The van der Waals surface area contributed by atoms with Gasteiger partial charge in [0.15, 0.2) is 0 Å². The van der Waals surface area contributed by atoms with Gasteiger partial charge in [-0.1, -0.05) is 11.6 Å². The Kier molecular flexibility index (Phi) is 4.33. The van der Waals surface area contributed by atoms with E-state index in [0.29, 0.717) is 30.0 Å². The van der Waals surface area contributed by atoms with E-state index in [2.05, 4.69) is 0 Å². The van der Waals surface area contributed by atoms with E-state index in [1.165, 1.54) is 0 Å². The summed E-state index contributed by atoms with van der Waals surface area (Å²) < 4.78 is 0. The number of piperidine rings is 1. The fraction of sp³-hybridized carbons (Fsp3) is 0.467. The van der Waals surface area contributed by atoms with E-state index < -0.39 is 11.9 Å². The lowest BCUT2D eigenvalue weighted by atomic mass is 9.97. The minimum absolute atomic E-state index is 0.177. The third kappa shape index (κ3) is 2.96. The fourth-order valence-corrected chi connectivity index (χ4v) is 2.78. The Morgan fingerprint density at radius 3 is 2.60 bits per heavy atom. The summed E-state index contributed by atoms with van der Waals surface area (Å²) in [6.45, 7) is 4.72. The average molecular weight is 296 g/mol. The van der Waals surface area contributed by atoms with Crippen LogP contribution in [0.25, 0.3) is 0 Å². The summed E-state index contributed by atoms with van der Waals surface area (Å²) >= 11 is 6.15. The van der Waals surface area contributed by atoms with Gasteiger partial charge in [-0.25, -0.2) is 0 Å². The van der Waals surface area contributed by atoms with Gasteiger partial charge in [0.1, 0.15) is 0 Å². The number of likely N-dealkylation sites (tertiary alicyclic amines) is 1. The first kappa shape index (κ1) is 14.9. The molecule has 1 aromatic carbocycles. The van der Waals surface area contributed by atoms with Gasteiger partial charge >= 0.3 is 5.97 Å². The fourth-order valence-electron chi connectivity index (χ4n) is 2.48. The minimum Gasteiger partial charge on any atom is -0.481 e. The number of aliphatic carboxylic acids is 1. The van der Waals surface area contributed by atoms with E-state index in [1.807, 2.05) is 13.8 Å². The predicted molar refractivity (Wildman–Crippen MR) is 77.2 cm³/mol. The minimum atomic E-state index is -0.839. The average Bonchev–Trinajstić information content (AvgIpc) is 2.42. The van der Waals surface area contributed by atoms with Crippen molar-refractivity contribution in [3.05, 3.63) is 33.8 Å². The van der Waals surface area contributed by atoms with Gasteiger partial charge < -0.3 is 10.0 Å². The second-order valence-electron chi connectivity index (χ2n) is 5.34. The zero-order valence-corrected chi connectivity index (χ0v) is 12.4. The summed E-state index contributed by atoms with van der Waals surface area (Å²) in [5.74, 6) is -1.49. The lowest BCUT2D eigenvalue weighted by Crippen LogP contribution is -2.42. The van der Waals surface area contributed by atoms with E-state index in [1.54, 1.807) is 17.0 Å². The van der Waals surface area contributed by atoms with Crippen molar-refractivity contribution in [2.45, 2.75) is 26.7 Å². The molecule has 1 heterocycles. The molecule has 0 bridgehead atoms. The topological polar surface area (TPSA) is 57.6 Å². The largest absolute Gasteiger partial charge is 0.481 e. The van der Waals surface area contributed by atoms with Gasteiger partial charge in [-0.05, 0) is 49.9 Å². The quantitative estimate of drug-likeness (QED) is 0.912. The first-order valence-corrected chi connectivity index (χ1v) is 7.06. The maximum Gasteiger partial charge on any atom is 0.308 e. The number of nitrogens with zero attached hydrogens (tertiary/aromatic N) is 1. The van der Waals surface area contributed by atoms with Crippen LogP contribution in [-0.4, -0.2) is 35.0 Å². The molecule has 4 nitrogen and oxygen atoms in total. The van der Waals surface area contributed by atoms with Crippen LogP contribution in [0.3, 0.4) is 0 Å². The highest BCUT2D eigenvalue weighted by molar-refractivity contribution is 6.34. The van der Waals surface area contributed by atoms with E-state index in [4.69, 9.17) is 16.7 Å². The molecular weight excluding hydrogens is 278 g/mol. The summed E-state index contributed by atoms with van der Waals surface area (Å²) in [4.78, 5) is 25.2. The van der Waals surface area contributed by atoms with Crippen molar-refractivity contribution in [1.29, 1.82) is 0 Å². The van der Waals surface area contributed by atoms with Crippen LogP contribution in [0.15, 0.2) is 12.1 Å². The van der Waals surface area contributed by atoms with Crippen LogP contribution < -0.4 is 0 Å². The van der Waals surface area contributed by atoms with Crippen molar-refractivity contribution in [3.8, 4) is 0 Å². The highest BCUT2D eigenvalue weighted by Crippen LogP contribution is 2.25. The number of carboxylic acids is 1. The molecule has 1 aliphatic heterocycles. The highest BCUT2D eigenvalue weighted by Gasteiger charge is 2.29. The van der Waals surface area contributed by atoms with Crippen LogP contribution in [-0.2, 0) is 4.79 Å². The predicted octanol–water partition coefficient (Wildman–Crippen LogP) is 2.89. The molecule has 108 valence electrons. The molecule has 1 saturated heterocycles. The van der Waals surface area contributed by atoms with Gasteiger partial charge in [-0.3, -0.25) is 9.59 Å². The Hall–Kier alpha value is -1.55. The monoisotopic (exact) mass is 295 g/mol. The number of amides is 1. The standard InChI is InChI=1S/C15H18ClNO3/c1-9-6-12(13(16)7-10(9)2)14(18)17-5-3-4-11(8-17)15(19)20/h6-7,11H,3-5,8H2,1-2H3,(H,19,20). The molecular formula is C15H18ClNO3. The molecule has 2 rings (SSSR count). The summed E-state index contributed by atoms with van der Waals surface area (Å²) in [5.41, 5.74) is 2.50. The number of carbonyl (C=O) groups is 2. The van der Waals surface area contributed by atoms with Gasteiger partial charge in [0, 0.05) is 13.1 Å². The van der Waals surface area contributed by atoms with Crippen LogP contribution in [0.4, 0.5) is 0 Å². The Labute approximate surface area is 123 Å². The van der Waals surface area contributed by atoms with Gasteiger partial charge in [-0.15, -0.1) is 0 Å². The van der Waals surface area contributed by atoms with Gasteiger partial charge in [0.2, 0.25) is 0 Å². The summed E-state index contributed by atoms with van der Waals surface area (Å²) in [5, 5.41) is 9.51. The van der Waals surface area contributed by atoms with Crippen molar-refractivity contribution in [2.24, 2.45) is 5.92 Å². The van der Waals surface area contributed by atoms with Crippen LogP contribution in [0.5, 0.6) is 0 Å². The Morgan fingerprint density at radius 1 is 1.30 bits per heavy atom. The maximum absolute atomic E-state index is 12.5. The first-order chi connectivity index (χ1) is 9.40. The van der Waals surface area contributed by atoms with Crippen LogP contribution in [0.1, 0.15) is 34.3 Å². The van der Waals surface area contributed by atoms with Gasteiger partial charge in [0.05, 0.1) is 16.5 Å². The van der Waals surface area contributed by atoms with Crippen molar-refractivity contribution < 1.29 is 14.7 Å².